The number of rotatable bonds is 11. The number of nitrogens with zero attached hydrogens (tertiary/aromatic N) is 1. The molecule has 2 rings (SSSR count). The number of hydrogen-bond donors (Lipinski definition) is 2. The van der Waals surface area contributed by atoms with Crippen molar-refractivity contribution in [2.45, 2.75) is 39.0 Å². The van der Waals surface area contributed by atoms with E-state index in [4.69, 9.17) is 14.5 Å². The lowest BCUT2D eigenvalue weighted by atomic mass is 9.67. The summed E-state index contributed by atoms with van der Waals surface area (Å²) >= 11 is 0. The number of halogens is 2. The van der Waals surface area contributed by atoms with Crippen molar-refractivity contribution in [2.75, 3.05) is 40.0 Å². The molecule has 1 aliphatic carbocycles. The number of benzene rings is 1. The molecule has 0 bridgehead atoms. The minimum absolute atomic E-state index is 0. The second kappa shape index (κ2) is 13.1. The highest BCUT2D eigenvalue weighted by Crippen LogP contribution is 2.44. The molecule has 0 heterocycles. The summed E-state index contributed by atoms with van der Waals surface area (Å²) in [5.74, 6) is 1.30. The van der Waals surface area contributed by atoms with E-state index < -0.39 is 0 Å². The number of ether oxygens (including phenoxy) is 2. The fourth-order valence-corrected chi connectivity index (χ4v) is 3.07. The number of methoxy groups -OCH3 is 1. The Kier molecular flexibility index (Phi) is 11.7. The van der Waals surface area contributed by atoms with Gasteiger partial charge in [0.25, 0.3) is 0 Å². The zero-order chi connectivity index (χ0) is 18.7. The molecule has 1 aliphatic rings. The highest BCUT2D eigenvalue weighted by molar-refractivity contribution is 14.0. The molecule has 2 N–H and O–H groups in total. The van der Waals surface area contributed by atoms with Crippen LogP contribution in [0, 0.1) is 11.2 Å². The third-order valence-corrected chi connectivity index (χ3v) is 4.86. The van der Waals surface area contributed by atoms with Gasteiger partial charge in [-0.05, 0) is 62.3 Å². The van der Waals surface area contributed by atoms with Crippen molar-refractivity contribution in [2.24, 2.45) is 10.4 Å². The summed E-state index contributed by atoms with van der Waals surface area (Å²) in [7, 11) is 1.76. The Labute approximate surface area is 179 Å². The van der Waals surface area contributed by atoms with E-state index in [2.05, 4.69) is 17.6 Å². The zero-order valence-corrected chi connectivity index (χ0v) is 18.8. The van der Waals surface area contributed by atoms with Crippen molar-refractivity contribution in [3.05, 3.63) is 30.1 Å². The molecule has 154 valence electrons. The SMILES string of the molecule is CCNC(=NCC1(CCOC)CCC1)NCCCOc1ccc(F)cc1.I. The number of aliphatic imine (C=N–C) groups is 1. The first-order valence-electron chi connectivity index (χ1n) is 9.57. The van der Waals surface area contributed by atoms with E-state index in [1.165, 1.54) is 31.4 Å². The molecule has 0 radical (unpaired) electrons. The summed E-state index contributed by atoms with van der Waals surface area (Å²) in [6.45, 7) is 5.91. The monoisotopic (exact) mass is 493 g/mol. The maximum atomic E-state index is 12.9. The van der Waals surface area contributed by atoms with E-state index >= 15 is 0 Å². The fourth-order valence-electron chi connectivity index (χ4n) is 3.07. The van der Waals surface area contributed by atoms with Gasteiger partial charge in [-0.2, -0.15) is 0 Å². The van der Waals surface area contributed by atoms with Crippen LogP contribution in [0.1, 0.15) is 39.0 Å². The van der Waals surface area contributed by atoms with Crippen molar-refractivity contribution >= 4 is 29.9 Å². The molecular formula is C20H33FIN3O2. The van der Waals surface area contributed by atoms with Gasteiger partial charge in [0.15, 0.2) is 5.96 Å². The molecule has 27 heavy (non-hydrogen) atoms. The molecule has 1 saturated carbocycles. The van der Waals surface area contributed by atoms with Crippen LogP contribution in [-0.4, -0.2) is 45.9 Å². The summed E-state index contributed by atoms with van der Waals surface area (Å²) in [6.07, 6.45) is 5.70. The summed E-state index contributed by atoms with van der Waals surface area (Å²) < 4.78 is 23.7. The van der Waals surface area contributed by atoms with Crippen LogP contribution in [-0.2, 0) is 4.74 Å². The molecular weight excluding hydrogens is 460 g/mol. The molecule has 1 aromatic carbocycles. The van der Waals surface area contributed by atoms with Crippen molar-refractivity contribution in [1.82, 2.24) is 10.6 Å². The third kappa shape index (κ3) is 8.64. The van der Waals surface area contributed by atoms with Crippen molar-refractivity contribution in [3.8, 4) is 5.75 Å². The summed E-state index contributed by atoms with van der Waals surface area (Å²) in [5.41, 5.74) is 0.323. The van der Waals surface area contributed by atoms with Crippen LogP contribution >= 0.6 is 24.0 Å². The van der Waals surface area contributed by atoms with Crippen LogP contribution < -0.4 is 15.4 Å². The Morgan fingerprint density at radius 2 is 1.93 bits per heavy atom. The van der Waals surface area contributed by atoms with Crippen LogP contribution in [0.25, 0.3) is 0 Å². The largest absolute Gasteiger partial charge is 0.494 e. The van der Waals surface area contributed by atoms with Crippen LogP contribution in [0.2, 0.25) is 0 Å². The molecule has 0 atom stereocenters. The van der Waals surface area contributed by atoms with Gasteiger partial charge in [-0.25, -0.2) is 4.39 Å². The van der Waals surface area contributed by atoms with E-state index in [1.54, 1.807) is 19.2 Å². The summed E-state index contributed by atoms with van der Waals surface area (Å²) in [4.78, 5) is 4.78. The highest BCUT2D eigenvalue weighted by Gasteiger charge is 2.36. The van der Waals surface area contributed by atoms with Crippen LogP contribution in [0.15, 0.2) is 29.3 Å². The third-order valence-electron chi connectivity index (χ3n) is 4.86. The molecule has 1 aromatic rings. The number of guanidine groups is 1. The maximum absolute atomic E-state index is 12.9. The Balaban J connectivity index is 0.00000364. The Morgan fingerprint density at radius 3 is 2.52 bits per heavy atom. The first-order chi connectivity index (χ1) is 12.7. The molecule has 0 amide bonds. The highest BCUT2D eigenvalue weighted by atomic mass is 127. The zero-order valence-electron chi connectivity index (χ0n) is 16.4. The molecule has 1 fully saturated rings. The molecule has 0 saturated heterocycles. The number of nitrogens with one attached hydrogen (secondary N) is 2. The normalized spacial score (nSPS) is 15.4. The molecule has 7 heteroatoms. The smallest absolute Gasteiger partial charge is 0.191 e. The standard InChI is InChI=1S/C20H32FN3O2.HI/c1-3-22-19(24-16-20(10-4-11-20)12-15-25-2)23-13-5-14-26-18-8-6-17(21)7-9-18;/h6-9H,3-5,10-16H2,1-2H3,(H2,22,23,24);1H. The minimum Gasteiger partial charge on any atom is -0.494 e. The van der Waals surface area contributed by atoms with Gasteiger partial charge in [0.1, 0.15) is 11.6 Å². The quantitative estimate of drug-likeness (QED) is 0.212. The van der Waals surface area contributed by atoms with Crippen molar-refractivity contribution in [1.29, 1.82) is 0 Å². The average molecular weight is 493 g/mol. The first kappa shape index (κ1) is 23.9. The second-order valence-corrected chi connectivity index (χ2v) is 6.87. The Hall–Kier alpha value is -1.09. The van der Waals surface area contributed by atoms with E-state index in [1.807, 2.05) is 0 Å². The van der Waals surface area contributed by atoms with Crippen molar-refractivity contribution < 1.29 is 13.9 Å². The molecule has 0 aliphatic heterocycles. The predicted octanol–water partition coefficient (Wildman–Crippen LogP) is 3.97. The molecule has 5 nitrogen and oxygen atoms in total. The number of hydrogen-bond acceptors (Lipinski definition) is 3. The van der Waals surface area contributed by atoms with Gasteiger partial charge in [-0.3, -0.25) is 4.99 Å². The van der Waals surface area contributed by atoms with Gasteiger partial charge in [0.05, 0.1) is 6.61 Å². The summed E-state index contributed by atoms with van der Waals surface area (Å²) in [6, 6.07) is 6.10. The van der Waals surface area contributed by atoms with Crippen LogP contribution in [0.5, 0.6) is 5.75 Å². The lowest BCUT2D eigenvalue weighted by molar-refractivity contribution is 0.0778. The molecule has 0 spiro atoms. The van der Waals surface area contributed by atoms with Gasteiger partial charge in [0, 0.05) is 33.4 Å². The average Bonchev–Trinajstić information content (AvgIpc) is 2.61. The first-order valence-corrected chi connectivity index (χ1v) is 9.57. The lowest BCUT2D eigenvalue weighted by Crippen LogP contribution is -2.40. The van der Waals surface area contributed by atoms with E-state index in [9.17, 15) is 4.39 Å². The maximum Gasteiger partial charge on any atom is 0.191 e. The minimum atomic E-state index is -0.250. The van der Waals surface area contributed by atoms with Gasteiger partial charge in [0.2, 0.25) is 0 Å². The molecule has 0 unspecified atom stereocenters. The summed E-state index contributed by atoms with van der Waals surface area (Å²) in [5, 5.41) is 6.66. The van der Waals surface area contributed by atoms with Crippen LogP contribution in [0.4, 0.5) is 4.39 Å². The Bertz CT molecular complexity index is 551. The lowest BCUT2D eigenvalue weighted by Gasteiger charge is -2.40. The van der Waals surface area contributed by atoms with Gasteiger partial charge >= 0.3 is 0 Å². The predicted molar refractivity (Wildman–Crippen MR) is 119 cm³/mol. The van der Waals surface area contributed by atoms with E-state index in [0.29, 0.717) is 17.8 Å². The van der Waals surface area contributed by atoms with E-state index in [-0.39, 0.29) is 29.8 Å². The van der Waals surface area contributed by atoms with Crippen molar-refractivity contribution in [3.63, 3.8) is 0 Å². The Morgan fingerprint density at radius 1 is 1.19 bits per heavy atom. The topological polar surface area (TPSA) is 54.9 Å². The fraction of sp³-hybridized carbons (Fsp3) is 0.650. The van der Waals surface area contributed by atoms with Crippen LogP contribution in [0.3, 0.4) is 0 Å². The van der Waals surface area contributed by atoms with Gasteiger partial charge < -0.3 is 20.1 Å². The van der Waals surface area contributed by atoms with E-state index in [0.717, 1.165) is 45.0 Å². The second-order valence-electron chi connectivity index (χ2n) is 6.87. The van der Waals surface area contributed by atoms with Gasteiger partial charge in [-0.15, -0.1) is 24.0 Å². The molecule has 0 aromatic heterocycles. The van der Waals surface area contributed by atoms with Gasteiger partial charge in [-0.1, -0.05) is 6.42 Å².